The van der Waals surface area contributed by atoms with Crippen molar-refractivity contribution in [2.24, 2.45) is 0 Å². The molecule has 3 aromatic carbocycles. The largest absolute Gasteiger partial charge is 0.301 e. The first-order valence-electron chi connectivity index (χ1n) is 7.61. The van der Waals surface area contributed by atoms with Crippen LogP contribution in [-0.2, 0) is 10.1 Å². The Morgan fingerprint density at radius 2 is 1.08 bits per heavy atom. The second kappa shape index (κ2) is 8.86. The Bertz CT molecular complexity index is 826. The normalized spacial score (nSPS) is 10.3. The number of hydrogen-bond donors (Lipinski definition) is 3. The van der Waals surface area contributed by atoms with Crippen molar-refractivity contribution in [3.63, 3.8) is 0 Å². The molecule has 0 spiro atoms. The molecule has 0 heterocycles. The van der Waals surface area contributed by atoms with E-state index in [1.807, 2.05) is 67.6 Å². The lowest BCUT2D eigenvalue weighted by Crippen LogP contribution is -2.07. The van der Waals surface area contributed by atoms with E-state index in [0.717, 1.165) is 16.9 Å². The zero-order chi connectivity index (χ0) is 18.1. The predicted octanol–water partition coefficient (Wildman–Crippen LogP) is 4.37. The molecule has 25 heavy (non-hydrogen) atoms. The SMILES string of the molecule is Cc1ccc(S(=O)(=O)O)cc1.c1ccc(NNc2ccccc2)cc1. The summed E-state index contributed by atoms with van der Waals surface area (Å²) in [7, 11) is -4.02. The third-order valence-corrected chi connectivity index (χ3v) is 4.09. The standard InChI is InChI=1S/C12H12N2.C7H8O3S/c1-3-7-11(8-4-1)13-14-12-9-5-2-6-10-12;1-6-2-4-7(5-3-6)11(8,9)10/h1-10,13-14H;2-5H,1H3,(H,8,9,10). The maximum absolute atomic E-state index is 10.5. The third-order valence-electron chi connectivity index (χ3n) is 3.22. The van der Waals surface area contributed by atoms with Gasteiger partial charge in [-0.2, -0.15) is 8.42 Å². The second-order valence-electron chi connectivity index (χ2n) is 5.27. The molecule has 130 valence electrons. The molecule has 3 rings (SSSR count). The summed E-state index contributed by atoms with van der Waals surface area (Å²) < 4.78 is 29.6. The molecule has 0 aliphatic rings. The summed E-state index contributed by atoms with van der Waals surface area (Å²) in [5.41, 5.74) is 9.28. The smallest absolute Gasteiger partial charge is 0.294 e. The van der Waals surface area contributed by atoms with Crippen molar-refractivity contribution in [2.45, 2.75) is 11.8 Å². The maximum atomic E-state index is 10.5. The number of benzene rings is 3. The maximum Gasteiger partial charge on any atom is 0.294 e. The van der Waals surface area contributed by atoms with Gasteiger partial charge in [0.05, 0.1) is 16.3 Å². The summed E-state index contributed by atoms with van der Waals surface area (Å²) in [5.74, 6) is 0. The zero-order valence-electron chi connectivity index (χ0n) is 13.8. The molecule has 0 bridgehead atoms. The number of nitrogens with one attached hydrogen (secondary N) is 2. The van der Waals surface area contributed by atoms with Gasteiger partial charge < -0.3 is 10.9 Å². The molecule has 0 unspecified atom stereocenters. The molecule has 0 fully saturated rings. The van der Waals surface area contributed by atoms with Crippen molar-refractivity contribution in [3.8, 4) is 0 Å². The molecular formula is C19H20N2O3S. The minimum absolute atomic E-state index is 0.0666. The lowest BCUT2D eigenvalue weighted by molar-refractivity contribution is 0.483. The molecule has 0 saturated carbocycles. The van der Waals surface area contributed by atoms with Gasteiger partial charge in [-0.05, 0) is 43.3 Å². The zero-order valence-corrected chi connectivity index (χ0v) is 14.6. The van der Waals surface area contributed by atoms with Crippen LogP contribution in [0.15, 0.2) is 89.8 Å². The van der Waals surface area contributed by atoms with Crippen molar-refractivity contribution in [1.29, 1.82) is 0 Å². The number of hydrogen-bond acceptors (Lipinski definition) is 4. The molecule has 6 heteroatoms. The van der Waals surface area contributed by atoms with Crippen LogP contribution in [-0.4, -0.2) is 13.0 Å². The average Bonchev–Trinajstić information content (AvgIpc) is 2.62. The van der Waals surface area contributed by atoms with Gasteiger partial charge in [0.2, 0.25) is 0 Å². The van der Waals surface area contributed by atoms with E-state index in [4.69, 9.17) is 4.55 Å². The van der Waals surface area contributed by atoms with E-state index in [9.17, 15) is 8.42 Å². The highest BCUT2D eigenvalue weighted by molar-refractivity contribution is 7.85. The quantitative estimate of drug-likeness (QED) is 0.478. The Balaban J connectivity index is 0.000000186. The van der Waals surface area contributed by atoms with Gasteiger partial charge >= 0.3 is 0 Å². The van der Waals surface area contributed by atoms with Gasteiger partial charge in [0, 0.05) is 0 Å². The van der Waals surface area contributed by atoms with Gasteiger partial charge in [-0.25, -0.2) is 0 Å². The van der Waals surface area contributed by atoms with Crippen LogP contribution in [0.3, 0.4) is 0 Å². The minimum Gasteiger partial charge on any atom is -0.301 e. The van der Waals surface area contributed by atoms with Gasteiger partial charge in [0.15, 0.2) is 0 Å². The highest BCUT2D eigenvalue weighted by Gasteiger charge is 2.06. The van der Waals surface area contributed by atoms with Crippen LogP contribution in [0.4, 0.5) is 11.4 Å². The fourth-order valence-electron chi connectivity index (χ4n) is 1.90. The first-order valence-corrected chi connectivity index (χ1v) is 9.05. The van der Waals surface area contributed by atoms with Gasteiger partial charge in [-0.1, -0.05) is 54.1 Å². The summed E-state index contributed by atoms with van der Waals surface area (Å²) >= 11 is 0. The monoisotopic (exact) mass is 356 g/mol. The molecule has 0 radical (unpaired) electrons. The molecule has 0 amide bonds. The molecule has 0 aliphatic carbocycles. The molecule has 0 saturated heterocycles. The minimum atomic E-state index is -4.02. The molecule has 0 atom stereocenters. The van der Waals surface area contributed by atoms with E-state index in [1.54, 1.807) is 12.1 Å². The highest BCUT2D eigenvalue weighted by Crippen LogP contribution is 2.09. The van der Waals surface area contributed by atoms with E-state index >= 15 is 0 Å². The van der Waals surface area contributed by atoms with Crippen molar-refractivity contribution in [1.82, 2.24) is 0 Å². The Morgan fingerprint density at radius 3 is 1.44 bits per heavy atom. The van der Waals surface area contributed by atoms with E-state index in [-0.39, 0.29) is 4.90 Å². The Morgan fingerprint density at radius 1 is 0.680 bits per heavy atom. The van der Waals surface area contributed by atoms with E-state index in [2.05, 4.69) is 10.9 Å². The van der Waals surface area contributed by atoms with Crippen LogP contribution < -0.4 is 10.9 Å². The van der Waals surface area contributed by atoms with Crippen LogP contribution >= 0.6 is 0 Å². The summed E-state index contributed by atoms with van der Waals surface area (Å²) in [4.78, 5) is -0.0666. The third kappa shape index (κ3) is 6.66. The fraction of sp³-hybridized carbons (Fsp3) is 0.0526. The average molecular weight is 356 g/mol. The van der Waals surface area contributed by atoms with Crippen molar-refractivity contribution >= 4 is 21.5 Å². The summed E-state index contributed by atoms with van der Waals surface area (Å²) in [6, 6.07) is 26.0. The van der Waals surface area contributed by atoms with Crippen LogP contribution in [0.2, 0.25) is 0 Å². The molecule has 0 aliphatic heterocycles. The van der Waals surface area contributed by atoms with Crippen molar-refractivity contribution < 1.29 is 13.0 Å². The Labute approximate surface area is 148 Å². The summed E-state index contributed by atoms with van der Waals surface area (Å²) in [6.45, 7) is 1.84. The fourth-order valence-corrected chi connectivity index (χ4v) is 2.38. The van der Waals surface area contributed by atoms with Crippen LogP contribution in [0, 0.1) is 6.92 Å². The highest BCUT2D eigenvalue weighted by atomic mass is 32.2. The number of hydrazine groups is 1. The lowest BCUT2D eigenvalue weighted by atomic mass is 10.2. The summed E-state index contributed by atoms with van der Waals surface area (Å²) in [5, 5.41) is 0. The predicted molar refractivity (Wildman–Crippen MR) is 101 cm³/mol. The molecular weight excluding hydrogens is 336 g/mol. The van der Waals surface area contributed by atoms with Crippen LogP contribution in [0.25, 0.3) is 0 Å². The van der Waals surface area contributed by atoms with Gasteiger partial charge in [-0.3, -0.25) is 4.55 Å². The number of aryl methyl sites for hydroxylation is 1. The number of rotatable bonds is 4. The van der Waals surface area contributed by atoms with Gasteiger partial charge in [-0.15, -0.1) is 0 Å². The second-order valence-corrected chi connectivity index (χ2v) is 6.69. The van der Waals surface area contributed by atoms with E-state index < -0.39 is 10.1 Å². The first-order chi connectivity index (χ1) is 11.9. The van der Waals surface area contributed by atoms with Gasteiger partial charge in [0.25, 0.3) is 10.1 Å². The van der Waals surface area contributed by atoms with Crippen molar-refractivity contribution in [3.05, 3.63) is 90.5 Å². The summed E-state index contributed by atoms with van der Waals surface area (Å²) in [6.07, 6.45) is 0. The van der Waals surface area contributed by atoms with Gasteiger partial charge in [0.1, 0.15) is 0 Å². The van der Waals surface area contributed by atoms with E-state index in [0.29, 0.717) is 0 Å². The number of anilines is 2. The van der Waals surface area contributed by atoms with E-state index in [1.165, 1.54) is 12.1 Å². The Kier molecular flexibility index (Phi) is 6.56. The van der Waals surface area contributed by atoms with Crippen LogP contribution in [0.1, 0.15) is 5.56 Å². The number of para-hydroxylation sites is 2. The molecule has 5 nitrogen and oxygen atoms in total. The molecule has 0 aromatic heterocycles. The van der Waals surface area contributed by atoms with Crippen LogP contribution in [0.5, 0.6) is 0 Å². The Hall–Kier alpha value is -2.83. The van der Waals surface area contributed by atoms with Crippen molar-refractivity contribution in [2.75, 3.05) is 10.9 Å². The first kappa shape index (κ1) is 18.5. The topological polar surface area (TPSA) is 78.4 Å². The lowest BCUT2D eigenvalue weighted by Gasteiger charge is -2.08. The molecule has 3 aromatic rings. The molecule has 3 N–H and O–H groups in total.